The van der Waals surface area contributed by atoms with Crippen molar-refractivity contribution in [2.45, 2.75) is 140 Å². The van der Waals surface area contributed by atoms with Crippen LogP contribution in [0, 0.1) is 23.6 Å². The largest absolute Gasteiger partial charge is 0.459 e. The molecule has 6 atom stereocenters. The molecule has 12 heteroatoms. The molecule has 1 fully saturated rings. The third-order valence-corrected chi connectivity index (χ3v) is 13.7. The highest BCUT2D eigenvalue weighted by Gasteiger charge is 2.65. The molecule has 0 saturated heterocycles. The van der Waals surface area contributed by atoms with Crippen molar-refractivity contribution in [3.8, 4) is 17.2 Å². The highest BCUT2D eigenvalue weighted by molar-refractivity contribution is 6.03. The maximum Gasteiger partial charge on any atom is 0.410 e. The molecule has 3 aromatic carbocycles. The molecule has 364 valence electrons. The van der Waals surface area contributed by atoms with Gasteiger partial charge in [-0.2, -0.15) is 0 Å². The van der Waals surface area contributed by atoms with E-state index in [9.17, 15) is 24.2 Å². The Hall–Kier alpha value is -5.04. The minimum Gasteiger partial charge on any atom is -0.459 e. The number of benzene rings is 3. The molecule has 0 aromatic heterocycles. The fourth-order valence-electron chi connectivity index (χ4n) is 10.5. The standard InChI is InChI=1S/C55H73FN2O9/c1-4-6-7-8-9-10-11-12-13-18-33-64-54(62)58(38-40-24-26-43(56)27-25-40)51-37-49(57-63-3)47-35-42(21-14-16-30-59)46(23-15-17-31-60)52-48-36-45(66-44-22-19-20-41(34-44)39-61)28-29-50(48)67-55(51,53(47)52)65-32-5-2/h5,19-20,22,24-29,34-36,39,42,46,51-53,59-60H,2,4,6-18,21,23,30-33,37-38H2,1,3H3/t42-,46+,51-,52+,53+,55+/m0/s1. The molecule has 6 rings (SSSR count). The number of rotatable bonds is 29. The normalized spacial score (nSPS) is 22.2. The zero-order chi connectivity index (χ0) is 47.4. The molecule has 3 aromatic rings. The van der Waals surface area contributed by atoms with Crippen LogP contribution in [0.1, 0.15) is 143 Å². The first-order valence-electron chi connectivity index (χ1n) is 24.8. The summed E-state index contributed by atoms with van der Waals surface area (Å²) in [6, 6.07) is 18.0. The van der Waals surface area contributed by atoms with Crippen LogP contribution < -0.4 is 9.47 Å². The number of hydrogen-bond acceptors (Lipinski definition) is 10. The highest BCUT2D eigenvalue weighted by atomic mass is 19.1. The SMILES string of the molecule is C=CCO[C@@]12Oc3ccc(Oc4cccc(C=O)c4)cc3[C@H]3[C@H](CCCCO)[C@@H](CCCCO)C=C(C(=NOC)C[C@@H]1N(Cc1ccc(F)cc1)C(=O)OCCCCCCCCCCCC)[C@H]32. The summed E-state index contributed by atoms with van der Waals surface area (Å²) in [4.78, 5) is 33.8. The van der Waals surface area contributed by atoms with Crippen LogP contribution in [0.4, 0.5) is 9.18 Å². The van der Waals surface area contributed by atoms with Crippen molar-refractivity contribution in [2.75, 3.05) is 33.5 Å². The number of nitrogens with zero attached hydrogens (tertiary/aromatic N) is 2. The summed E-state index contributed by atoms with van der Waals surface area (Å²) in [6.07, 6.45) is 20.3. The fourth-order valence-corrected chi connectivity index (χ4v) is 10.5. The van der Waals surface area contributed by atoms with Crippen molar-refractivity contribution in [3.63, 3.8) is 0 Å². The first-order chi connectivity index (χ1) is 32.8. The first kappa shape index (κ1) is 51.4. The number of aliphatic hydroxyl groups excluding tert-OH is 2. The van der Waals surface area contributed by atoms with Gasteiger partial charge in [0.2, 0.25) is 5.79 Å². The Bertz CT molecular complexity index is 2090. The summed E-state index contributed by atoms with van der Waals surface area (Å²) in [6.45, 7) is 6.83. The van der Waals surface area contributed by atoms with Gasteiger partial charge in [0.1, 0.15) is 42.5 Å². The van der Waals surface area contributed by atoms with Crippen LogP contribution in [0.3, 0.4) is 0 Å². The van der Waals surface area contributed by atoms with E-state index in [4.69, 9.17) is 23.8 Å². The molecule has 3 aliphatic rings. The van der Waals surface area contributed by atoms with E-state index in [0.717, 1.165) is 68.8 Å². The Kier molecular flexibility index (Phi) is 20.3. The summed E-state index contributed by atoms with van der Waals surface area (Å²) in [5, 5.41) is 24.6. The second-order valence-electron chi connectivity index (χ2n) is 18.3. The van der Waals surface area contributed by atoms with Gasteiger partial charge in [-0.05, 0) is 97.5 Å². The van der Waals surface area contributed by atoms with Gasteiger partial charge in [0.25, 0.3) is 0 Å². The summed E-state index contributed by atoms with van der Waals surface area (Å²) < 4.78 is 41.4. The Morgan fingerprint density at radius 1 is 0.896 bits per heavy atom. The van der Waals surface area contributed by atoms with Crippen LogP contribution in [0.25, 0.3) is 0 Å². The van der Waals surface area contributed by atoms with Crippen LogP contribution in [0.5, 0.6) is 17.2 Å². The molecule has 2 aliphatic carbocycles. The fraction of sp³-hybridized carbons (Fsp3) is 0.545. The lowest BCUT2D eigenvalue weighted by Gasteiger charge is -2.59. The van der Waals surface area contributed by atoms with Crippen molar-refractivity contribution in [3.05, 3.63) is 114 Å². The van der Waals surface area contributed by atoms with E-state index >= 15 is 0 Å². The number of oxime groups is 1. The predicted octanol–water partition coefficient (Wildman–Crippen LogP) is 12.3. The average molecular weight is 925 g/mol. The summed E-state index contributed by atoms with van der Waals surface area (Å²) in [5.74, 6) is -1.04. The third kappa shape index (κ3) is 13.4. The molecule has 1 amide bonds. The number of fused-ring (bicyclic) bond motifs is 2. The van der Waals surface area contributed by atoms with Gasteiger partial charge in [-0.1, -0.05) is 119 Å². The van der Waals surface area contributed by atoms with E-state index in [1.165, 1.54) is 57.8 Å². The maximum atomic E-state index is 14.9. The van der Waals surface area contributed by atoms with Crippen molar-refractivity contribution in [1.29, 1.82) is 0 Å². The van der Waals surface area contributed by atoms with Gasteiger partial charge in [0.05, 0.1) is 24.8 Å². The number of carbonyl (C=O) groups excluding carboxylic acids is 2. The lowest BCUT2D eigenvalue weighted by Crippen LogP contribution is -2.70. The van der Waals surface area contributed by atoms with Gasteiger partial charge in [-0.25, -0.2) is 9.18 Å². The number of carbonyl (C=O) groups is 2. The van der Waals surface area contributed by atoms with Crippen molar-refractivity contribution < 1.29 is 48.0 Å². The van der Waals surface area contributed by atoms with E-state index < -0.39 is 23.8 Å². The second kappa shape index (κ2) is 26.5. The zero-order valence-electron chi connectivity index (χ0n) is 39.8. The van der Waals surface area contributed by atoms with Crippen molar-refractivity contribution >= 4 is 18.1 Å². The van der Waals surface area contributed by atoms with Crippen LogP contribution in [-0.4, -0.2) is 78.6 Å². The van der Waals surface area contributed by atoms with Gasteiger partial charge in [0, 0.05) is 43.2 Å². The Morgan fingerprint density at radius 2 is 1.60 bits per heavy atom. The molecule has 2 N–H and O–H groups in total. The van der Waals surface area contributed by atoms with Gasteiger partial charge in [-0.3, -0.25) is 9.69 Å². The van der Waals surface area contributed by atoms with Crippen LogP contribution in [0.15, 0.2) is 96.2 Å². The third-order valence-electron chi connectivity index (χ3n) is 13.7. The number of unbranched alkanes of at least 4 members (excludes halogenated alkanes) is 11. The summed E-state index contributed by atoms with van der Waals surface area (Å²) in [5.41, 5.74) is 3.63. The van der Waals surface area contributed by atoms with Crippen LogP contribution in [-0.2, 0) is 20.9 Å². The molecule has 0 radical (unpaired) electrons. The van der Waals surface area contributed by atoms with E-state index in [-0.39, 0.29) is 63.0 Å². The first-order valence-corrected chi connectivity index (χ1v) is 24.8. The van der Waals surface area contributed by atoms with Crippen molar-refractivity contribution in [1.82, 2.24) is 4.90 Å². The molecule has 0 spiro atoms. The zero-order valence-corrected chi connectivity index (χ0v) is 39.8. The molecule has 67 heavy (non-hydrogen) atoms. The highest BCUT2D eigenvalue weighted by Crippen LogP contribution is 2.62. The topological polar surface area (TPSA) is 136 Å². The number of amides is 1. The molecule has 1 heterocycles. The smallest absolute Gasteiger partial charge is 0.410 e. The van der Waals surface area contributed by atoms with Gasteiger partial charge >= 0.3 is 6.09 Å². The van der Waals surface area contributed by atoms with Crippen LogP contribution >= 0.6 is 0 Å². The number of aldehydes is 1. The number of aliphatic hydroxyl groups is 2. The molecule has 1 aliphatic heterocycles. The summed E-state index contributed by atoms with van der Waals surface area (Å²) in [7, 11) is 1.52. The van der Waals surface area contributed by atoms with Crippen LogP contribution in [0.2, 0.25) is 0 Å². The predicted molar refractivity (Wildman–Crippen MR) is 259 cm³/mol. The minimum absolute atomic E-state index is 0.00150. The van der Waals surface area contributed by atoms with E-state index in [2.05, 4.69) is 24.7 Å². The molecule has 11 nitrogen and oxygen atoms in total. The number of halogens is 1. The summed E-state index contributed by atoms with van der Waals surface area (Å²) >= 11 is 0. The maximum absolute atomic E-state index is 14.9. The average Bonchev–Trinajstić information content (AvgIpc) is 3.34. The lowest BCUT2D eigenvalue weighted by molar-refractivity contribution is -0.256. The Labute approximate surface area is 397 Å². The number of hydrogen-bond donors (Lipinski definition) is 2. The quantitative estimate of drug-likeness (QED) is 0.0302. The van der Waals surface area contributed by atoms with E-state index in [1.807, 2.05) is 18.2 Å². The van der Waals surface area contributed by atoms with E-state index in [0.29, 0.717) is 46.9 Å². The molecule has 0 unspecified atom stereocenters. The van der Waals surface area contributed by atoms with Crippen molar-refractivity contribution in [2.24, 2.45) is 22.9 Å². The monoisotopic (exact) mass is 925 g/mol. The number of ether oxygens (including phenoxy) is 4. The Morgan fingerprint density at radius 3 is 2.28 bits per heavy atom. The minimum atomic E-state index is -1.51. The molecule has 0 bridgehead atoms. The molecular weight excluding hydrogens is 852 g/mol. The number of allylic oxidation sites excluding steroid dienone is 1. The second-order valence-corrected chi connectivity index (χ2v) is 18.3. The lowest BCUT2D eigenvalue weighted by atomic mass is 9.55. The molecular formula is C55H73FN2O9. The van der Waals surface area contributed by atoms with Gasteiger partial charge in [0.15, 0.2) is 0 Å². The van der Waals surface area contributed by atoms with Gasteiger partial charge in [-0.15, -0.1) is 6.58 Å². The van der Waals surface area contributed by atoms with Gasteiger partial charge < -0.3 is 34.0 Å². The van der Waals surface area contributed by atoms with E-state index in [1.54, 1.807) is 47.4 Å². The molecule has 1 saturated carbocycles. The Balaban J connectivity index is 1.44.